The largest absolute Gasteiger partial charge is 0.491 e. The molecule has 1 N–H and O–H groups in total. The standard InChI is InChI=1S/C19H19ClN2O6/c1-12-3-6-17(13(2)9-12)27-8-7-21-18(23)11-28-19(24)15-10-14(22(25)26)4-5-16(15)20/h3-6,9-10H,7-8,11H2,1-2H3,(H,21,23). The van der Waals surface area contributed by atoms with E-state index in [1.54, 1.807) is 0 Å². The van der Waals surface area contributed by atoms with Crippen LogP contribution in [0.1, 0.15) is 21.5 Å². The first-order valence-electron chi connectivity index (χ1n) is 8.35. The van der Waals surface area contributed by atoms with Crippen LogP contribution in [0.3, 0.4) is 0 Å². The third-order valence-electron chi connectivity index (χ3n) is 3.73. The van der Waals surface area contributed by atoms with Crippen LogP contribution in [-0.2, 0) is 9.53 Å². The number of halogens is 1. The van der Waals surface area contributed by atoms with Crippen LogP contribution in [0.5, 0.6) is 5.75 Å². The molecule has 2 aromatic rings. The Morgan fingerprint density at radius 2 is 1.93 bits per heavy atom. The van der Waals surface area contributed by atoms with Gasteiger partial charge in [0.05, 0.1) is 22.1 Å². The molecule has 0 bridgehead atoms. The molecule has 2 rings (SSSR count). The number of nitro groups is 1. The molecule has 2 aromatic carbocycles. The summed E-state index contributed by atoms with van der Waals surface area (Å²) in [6.07, 6.45) is 0. The van der Waals surface area contributed by atoms with Crippen molar-refractivity contribution in [1.29, 1.82) is 0 Å². The fourth-order valence-electron chi connectivity index (χ4n) is 2.36. The quantitative estimate of drug-likeness (QED) is 0.312. The molecule has 0 saturated heterocycles. The summed E-state index contributed by atoms with van der Waals surface area (Å²) in [5, 5.41) is 13.3. The minimum absolute atomic E-state index is 0.00197. The monoisotopic (exact) mass is 406 g/mol. The van der Waals surface area contributed by atoms with E-state index >= 15 is 0 Å². The van der Waals surface area contributed by atoms with Crippen molar-refractivity contribution in [3.63, 3.8) is 0 Å². The highest BCUT2D eigenvalue weighted by Gasteiger charge is 2.18. The fourth-order valence-corrected chi connectivity index (χ4v) is 2.55. The molecule has 0 spiro atoms. The van der Waals surface area contributed by atoms with Gasteiger partial charge in [-0.2, -0.15) is 0 Å². The van der Waals surface area contributed by atoms with E-state index in [1.807, 2.05) is 32.0 Å². The van der Waals surface area contributed by atoms with Crippen LogP contribution in [0.25, 0.3) is 0 Å². The maximum absolute atomic E-state index is 12.0. The van der Waals surface area contributed by atoms with E-state index in [4.69, 9.17) is 21.1 Å². The lowest BCUT2D eigenvalue weighted by molar-refractivity contribution is -0.384. The normalized spacial score (nSPS) is 10.2. The molecule has 0 fully saturated rings. The summed E-state index contributed by atoms with van der Waals surface area (Å²) < 4.78 is 10.4. The first-order valence-corrected chi connectivity index (χ1v) is 8.73. The summed E-state index contributed by atoms with van der Waals surface area (Å²) in [6, 6.07) is 9.17. The molecule has 1 amide bonds. The van der Waals surface area contributed by atoms with Crippen LogP contribution >= 0.6 is 11.6 Å². The summed E-state index contributed by atoms with van der Waals surface area (Å²) in [6.45, 7) is 3.85. The summed E-state index contributed by atoms with van der Waals surface area (Å²) in [4.78, 5) is 33.9. The van der Waals surface area contributed by atoms with Gasteiger partial charge in [0.2, 0.25) is 0 Å². The summed E-state index contributed by atoms with van der Waals surface area (Å²) in [7, 11) is 0. The number of non-ortho nitro benzene ring substituents is 1. The van der Waals surface area contributed by atoms with Crippen LogP contribution in [0, 0.1) is 24.0 Å². The Morgan fingerprint density at radius 3 is 2.61 bits per heavy atom. The molecule has 0 radical (unpaired) electrons. The number of hydrogen-bond donors (Lipinski definition) is 1. The highest BCUT2D eigenvalue weighted by Crippen LogP contribution is 2.22. The fraction of sp³-hybridized carbons (Fsp3) is 0.263. The molecule has 0 aliphatic heterocycles. The van der Waals surface area contributed by atoms with Gasteiger partial charge in [-0.05, 0) is 31.5 Å². The number of aryl methyl sites for hydroxylation is 2. The van der Waals surface area contributed by atoms with E-state index in [1.165, 1.54) is 12.1 Å². The lowest BCUT2D eigenvalue weighted by Crippen LogP contribution is -2.32. The Kier molecular flexibility index (Phi) is 7.34. The third-order valence-corrected chi connectivity index (χ3v) is 4.06. The minimum atomic E-state index is -0.921. The molecule has 0 aliphatic rings. The molecule has 28 heavy (non-hydrogen) atoms. The number of carbonyl (C=O) groups excluding carboxylic acids is 2. The number of nitrogens with zero attached hydrogens (tertiary/aromatic N) is 1. The van der Waals surface area contributed by atoms with Gasteiger partial charge in [0.15, 0.2) is 6.61 Å². The maximum atomic E-state index is 12.0. The Hall–Kier alpha value is -3.13. The first kappa shape index (κ1) is 21.2. The van der Waals surface area contributed by atoms with E-state index in [2.05, 4.69) is 5.32 Å². The SMILES string of the molecule is Cc1ccc(OCCNC(=O)COC(=O)c2cc([N+](=O)[O-])ccc2Cl)c(C)c1. The van der Waals surface area contributed by atoms with Crippen molar-refractivity contribution in [3.05, 3.63) is 68.2 Å². The average Bonchev–Trinajstić information content (AvgIpc) is 2.64. The number of nitro benzene ring substituents is 1. The van der Waals surface area contributed by atoms with Crippen LogP contribution < -0.4 is 10.1 Å². The molecule has 148 valence electrons. The molecular formula is C19H19ClN2O6. The minimum Gasteiger partial charge on any atom is -0.491 e. The highest BCUT2D eigenvalue weighted by atomic mass is 35.5. The van der Waals surface area contributed by atoms with Crippen molar-refractivity contribution in [1.82, 2.24) is 5.32 Å². The van der Waals surface area contributed by atoms with Gasteiger partial charge < -0.3 is 14.8 Å². The van der Waals surface area contributed by atoms with Gasteiger partial charge in [0, 0.05) is 12.1 Å². The first-order chi connectivity index (χ1) is 13.3. The molecule has 0 atom stereocenters. The lowest BCUT2D eigenvalue weighted by Gasteiger charge is -2.11. The van der Waals surface area contributed by atoms with Crippen LogP contribution in [0.2, 0.25) is 5.02 Å². The Morgan fingerprint density at radius 1 is 1.18 bits per heavy atom. The van der Waals surface area contributed by atoms with Crippen molar-refractivity contribution >= 4 is 29.2 Å². The molecule has 0 heterocycles. The van der Waals surface area contributed by atoms with Gasteiger partial charge in [-0.15, -0.1) is 0 Å². The van der Waals surface area contributed by atoms with Gasteiger partial charge >= 0.3 is 5.97 Å². The third kappa shape index (κ3) is 5.95. The van der Waals surface area contributed by atoms with Crippen molar-refractivity contribution in [2.75, 3.05) is 19.8 Å². The smallest absolute Gasteiger partial charge is 0.340 e. The van der Waals surface area contributed by atoms with E-state index in [0.29, 0.717) is 0 Å². The second kappa shape index (κ2) is 9.70. The molecule has 9 heteroatoms. The number of rotatable bonds is 8. The Balaban J connectivity index is 1.77. The number of benzene rings is 2. The number of hydrogen-bond acceptors (Lipinski definition) is 6. The summed E-state index contributed by atoms with van der Waals surface area (Å²) >= 11 is 5.85. The van der Waals surface area contributed by atoms with Crippen molar-refractivity contribution in [2.45, 2.75) is 13.8 Å². The van der Waals surface area contributed by atoms with Crippen LogP contribution in [-0.4, -0.2) is 36.6 Å². The summed E-state index contributed by atoms with van der Waals surface area (Å²) in [5.74, 6) is -0.721. The van der Waals surface area contributed by atoms with Crippen LogP contribution in [0.4, 0.5) is 5.69 Å². The van der Waals surface area contributed by atoms with Gasteiger partial charge in [-0.25, -0.2) is 4.79 Å². The molecule has 0 aliphatic carbocycles. The number of amides is 1. The van der Waals surface area contributed by atoms with E-state index in [9.17, 15) is 19.7 Å². The van der Waals surface area contributed by atoms with Gasteiger partial charge in [-0.3, -0.25) is 14.9 Å². The predicted octanol–water partition coefficient (Wildman–Crippen LogP) is 3.22. The van der Waals surface area contributed by atoms with Crippen molar-refractivity contribution < 1.29 is 24.0 Å². The zero-order chi connectivity index (χ0) is 20.7. The lowest BCUT2D eigenvalue weighted by atomic mass is 10.1. The number of carbonyl (C=O) groups is 2. The van der Waals surface area contributed by atoms with E-state index in [0.717, 1.165) is 22.9 Å². The molecule has 0 saturated carbocycles. The Labute approximate surface area is 166 Å². The maximum Gasteiger partial charge on any atom is 0.340 e. The number of ether oxygens (including phenoxy) is 2. The molecule has 0 aromatic heterocycles. The summed E-state index contributed by atoms with van der Waals surface area (Å²) in [5.41, 5.74) is 1.64. The second-order valence-corrected chi connectivity index (χ2v) is 6.37. The molecule has 8 nitrogen and oxygen atoms in total. The number of nitrogens with one attached hydrogen (secondary N) is 1. The van der Waals surface area contributed by atoms with Crippen molar-refractivity contribution in [3.8, 4) is 5.75 Å². The number of esters is 1. The van der Waals surface area contributed by atoms with E-state index in [-0.39, 0.29) is 29.4 Å². The molecule has 0 unspecified atom stereocenters. The van der Waals surface area contributed by atoms with Gasteiger partial charge in [0.1, 0.15) is 12.4 Å². The van der Waals surface area contributed by atoms with Crippen molar-refractivity contribution in [2.24, 2.45) is 0 Å². The molecular weight excluding hydrogens is 388 g/mol. The van der Waals surface area contributed by atoms with Gasteiger partial charge in [0.25, 0.3) is 11.6 Å². The zero-order valence-electron chi connectivity index (χ0n) is 15.4. The topological polar surface area (TPSA) is 108 Å². The highest BCUT2D eigenvalue weighted by molar-refractivity contribution is 6.33. The predicted molar refractivity (Wildman–Crippen MR) is 103 cm³/mol. The second-order valence-electron chi connectivity index (χ2n) is 5.96. The van der Waals surface area contributed by atoms with Gasteiger partial charge in [-0.1, -0.05) is 29.3 Å². The zero-order valence-corrected chi connectivity index (χ0v) is 16.1. The Bertz CT molecular complexity index is 900. The van der Waals surface area contributed by atoms with Crippen LogP contribution in [0.15, 0.2) is 36.4 Å². The average molecular weight is 407 g/mol. The van der Waals surface area contributed by atoms with E-state index < -0.39 is 23.4 Å².